The summed E-state index contributed by atoms with van der Waals surface area (Å²) >= 11 is 0. The molecular weight excluding hydrogens is 245 g/mol. The SMILES string of the molecule is CCN(CC)C(=O)CCNc1cccc(F)c1C#N. The van der Waals surface area contributed by atoms with Gasteiger partial charge in [-0.1, -0.05) is 6.07 Å². The van der Waals surface area contributed by atoms with Gasteiger partial charge in [0.1, 0.15) is 17.4 Å². The standard InChI is InChI=1S/C14H18FN3O/c1-3-18(4-2)14(19)8-9-17-13-7-5-6-12(15)11(13)10-16/h5-7,17H,3-4,8-9H2,1-2H3. The van der Waals surface area contributed by atoms with E-state index in [2.05, 4.69) is 5.32 Å². The number of carbonyl (C=O) groups is 1. The first kappa shape index (κ1) is 15.0. The minimum absolute atomic E-state index is 0.0159. The number of amides is 1. The maximum atomic E-state index is 13.3. The van der Waals surface area contributed by atoms with E-state index in [1.807, 2.05) is 19.9 Å². The molecule has 0 fully saturated rings. The van der Waals surface area contributed by atoms with Crippen molar-refractivity contribution < 1.29 is 9.18 Å². The van der Waals surface area contributed by atoms with Crippen molar-refractivity contribution in [1.82, 2.24) is 4.90 Å². The Balaban J connectivity index is 2.57. The fourth-order valence-electron chi connectivity index (χ4n) is 1.82. The molecule has 0 radical (unpaired) electrons. The van der Waals surface area contributed by atoms with Crippen LogP contribution < -0.4 is 5.32 Å². The van der Waals surface area contributed by atoms with Gasteiger partial charge in [-0.2, -0.15) is 5.26 Å². The molecule has 0 aromatic heterocycles. The molecule has 0 saturated carbocycles. The second kappa shape index (κ2) is 7.37. The van der Waals surface area contributed by atoms with Crippen LogP contribution in [0.1, 0.15) is 25.8 Å². The third kappa shape index (κ3) is 3.95. The molecule has 0 aliphatic carbocycles. The molecule has 1 N–H and O–H groups in total. The minimum Gasteiger partial charge on any atom is -0.383 e. The quantitative estimate of drug-likeness (QED) is 0.857. The molecule has 1 rings (SSSR count). The Morgan fingerprint density at radius 3 is 2.68 bits per heavy atom. The lowest BCUT2D eigenvalue weighted by Crippen LogP contribution is -2.31. The van der Waals surface area contributed by atoms with Crippen LogP contribution in [-0.4, -0.2) is 30.4 Å². The van der Waals surface area contributed by atoms with Crippen molar-refractivity contribution in [2.24, 2.45) is 0 Å². The molecule has 0 aliphatic rings. The zero-order chi connectivity index (χ0) is 14.3. The molecule has 102 valence electrons. The molecule has 1 aromatic rings. The summed E-state index contributed by atoms with van der Waals surface area (Å²) in [5.74, 6) is -0.505. The summed E-state index contributed by atoms with van der Waals surface area (Å²) in [7, 11) is 0. The molecule has 1 amide bonds. The molecule has 0 spiro atoms. The van der Waals surface area contributed by atoms with Crippen LogP contribution in [-0.2, 0) is 4.79 Å². The molecule has 0 heterocycles. The highest BCUT2D eigenvalue weighted by Crippen LogP contribution is 2.17. The fraction of sp³-hybridized carbons (Fsp3) is 0.429. The van der Waals surface area contributed by atoms with Crippen molar-refractivity contribution in [2.45, 2.75) is 20.3 Å². The Labute approximate surface area is 112 Å². The number of nitrogens with zero attached hydrogens (tertiary/aromatic N) is 2. The number of carbonyl (C=O) groups excluding carboxylic acids is 1. The van der Waals surface area contributed by atoms with Gasteiger partial charge in [0.2, 0.25) is 5.91 Å². The summed E-state index contributed by atoms with van der Waals surface area (Å²) in [6, 6.07) is 6.22. The summed E-state index contributed by atoms with van der Waals surface area (Å²) in [5.41, 5.74) is 0.410. The third-order valence-corrected chi connectivity index (χ3v) is 2.90. The first-order valence-electron chi connectivity index (χ1n) is 6.34. The summed E-state index contributed by atoms with van der Waals surface area (Å²) in [6.07, 6.45) is 0.322. The molecule has 4 nitrogen and oxygen atoms in total. The highest BCUT2D eigenvalue weighted by Gasteiger charge is 2.10. The Morgan fingerprint density at radius 2 is 2.11 bits per heavy atom. The van der Waals surface area contributed by atoms with Crippen LogP contribution in [0.15, 0.2) is 18.2 Å². The molecule has 0 atom stereocenters. The second-order valence-electron chi connectivity index (χ2n) is 4.02. The molecule has 19 heavy (non-hydrogen) atoms. The number of hydrogen-bond acceptors (Lipinski definition) is 3. The van der Waals surface area contributed by atoms with E-state index in [-0.39, 0.29) is 11.5 Å². The van der Waals surface area contributed by atoms with Crippen LogP contribution in [0.2, 0.25) is 0 Å². The van der Waals surface area contributed by atoms with Crippen molar-refractivity contribution >= 4 is 11.6 Å². The van der Waals surface area contributed by atoms with E-state index in [0.29, 0.717) is 31.7 Å². The lowest BCUT2D eigenvalue weighted by molar-refractivity contribution is -0.130. The first-order chi connectivity index (χ1) is 9.13. The van der Waals surface area contributed by atoms with Gasteiger partial charge in [0.25, 0.3) is 0 Å². The van der Waals surface area contributed by atoms with E-state index in [9.17, 15) is 9.18 Å². The Morgan fingerprint density at radius 1 is 1.42 bits per heavy atom. The number of rotatable bonds is 6. The van der Waals surface area contributed by atoms with Crippen molar-refractivity contribution in [1.29, 1.82) is 5.26 Å². The average Bonchev–Trinajstić information content (AvgIpc) is 2.40. The van der Waals surface area contributed by atoms with E-state index in [0.717, 1.165) is 0 Å². The van der Waals surface area contributed by atoms with E-state index in [1.165, 1.54) is 12.1 Å². The normalized spacial score (nSPS) is 9.79. The predicted molar refractivity (Wildman–Crippen MR) is 72.1 cm³/mol. The van der Waals surface area contributed by atoms with Crippen LogP contribution in [0, 0.1) is 17.1 Å². The van der Waals surface area contributed by atoms with Crippen molar-refractivity contribution in [3.05, 3.63) is 29.6 Å². The Hall–Kier alpha value is -2.09. The van der Waals surface area contributed by atoms with E-state index < -0.39 is 5.82 Å². The second-order valence-corrected chi connectivity index (χ2v) is 4.02. The molecular formula is C14H18FN3O. The number of benzene rings is 1. The average molecular weight is 263 g/mol. The maximum Gasteiger partial charge on any atom is 0.224 e. The third-order valence-electron chi connectivity index (χ3n) is 2.90. The number of nitriles is 1. The van der Waals surface area contributed by atoms with Crippen molar-refractivity contribution in [3.63, 3.8) is 0 Å². The van der Waals surface area contributed by atoms with Crippen molar-refractivity contribution in [2.75, 3.05) is 25.0 Å². The van der Waals surface area contributed by atoms with E-state index in [4.69, 9.17) is 5.26 Å². The first-order valence-corrected chi connectivity index (χ1v) is 6.34. The van der Waals surface area contributed by atoms with E-state index in [1.54, 1.807) is 11.0 Å². The smallest absolute Gasteiger partial charge is 0.224 e. The Kier molecular flexibility index (Phi) is 5.80. The van der Waals surface area contributed by atoms with Gasteiger partial charge >= 0.3 is 0 Å². The zero-order valence-electron chi connectivity index (χ0n) is 11.2. The van der Waals surface area contributed by atoms with Gasteiger partial charge in [0.05, 0.1) is 5.69 Å². The molecule has 0 unspecified atom stereocenters. The highest BCUT2D eigenvalue weighted by atomic mass is 19.1. The molecule has 0 saturated heterocycles. The van der Waals surface area contributed by atoms with E-state index >= 15 is 0 Å². The lowest BCUT2D eigenvalue weighted by Gasteiger charge is -2.18. The predicted octanol–water partition coefficient (Wildman–Crippen LogP) is 2.37. The summed E-state index contributed by atoms with van der Waals surface area (Å²) in [5, 5.41) is 11.8. The highest BCUT2D eigenvalue weighted by molar-refractivity contribution is 5.76. The van der Waals surface area contributed by atoms with Gasteiger partial charge in [0.15, 0.2) is 0 Å². The van der Waals surface area contributed by atoms with Crippen LogP contribution in [0.5, 0.6) is 0 Å². The molecule has 0 aliphatic heterocycles. The van der Waals surface area contributed by atoms with Gasteiger partial charge in [-0.25, -0.2) is 4.39 Å². The summed E-state index contributed by atoms with van der Waals surface area (Å²) in [4.78, 5) is 13.5. The van der Waals surface area contributed by atoms with Gasteiger partial charge in [-0.05, 0) is 26.0 Å². The maximum absolute atomic E-state index is 13.3. The van der Waals surface area contributed by atoms with Gasteiger partial charge in [-0.15, -0.1) is 0 Å². The molecule has 0 bridgehead atoms. The molecule has 5 heteroatoms. The number of anilines is 1. The summed E-state index contributed by atoms with van der Waals surface area (Å²) < 4.78 is 13.3. The fourth-order valence-corrected chi connectivity index (χ4v) is 1.82. The number of hydrogen-bond donors (Lipinski definition) is 1. The van der Waals surface area contributed by atoms with Gasteiger partial charge in [-0.3, -0.25) is 4.79 Å². The number of halogens is 1. The van der Waals surface area contributed by atoms with Crippen molar-refractivity contribution in [3.8, 4) is 6.07 Å². The van der Waals surface area contributed by atoms with Gasteiger partial charge in [0, 0.05) is 26.1 Å². The van der Waals surface area contributed by atoms with Crippen LogP contribution in [0.4, 0.5) is 10.1 Å². The lowest BCUT2D eigenvalue weighted by atomic mass is 10.2. The van der Waals surface area contributed by atoms with Crippen LogP contribution >= 0.6 is 0 Å². The summed E-state index contributed by atoms with van der Waals surface area (Å²) in [6.45, 7) is 5.59. The largest absolute Gasteiger partial charge is 0.383 e. The molecule has 1 aromatic carbocycles. The van der Waals surface area contributed by atoms with Crippen LogP contribution in [0.3, 0.4) is 0 Å². The van der Waals surface area contributed by atoms with Gasteiger partial charge < -0.3 is 10.2 Å². The zero-order valence-corrected chi connectivity index (χ0v) is 11.2. The van der Waals surface area contributed by atoms with Crippen LogP contribution in [0.25, 0.3) is 0 Å². The monoisotopic (exact) mass is 263 g/mol. The Bertz CT molecular complexity index is 478. The topological polar surface area (TPSA) is 56.1 Å². The minimum atomic E-state index is -0.553. The number of nitrogens with one attached hydrogen (secondary N) is 1.